The highest BCUT2D eigenvalue weighted by molar-refractivity contribution is 6.12. The Bertz CT molecular complexity index is 5280. The Kier molecular flexibility index (Phi) is 21.4. The van der Waals surface area contributed by atoms with Crippen molar-refractivity contribution in [3.8, 4) is 79.3 Å². The highest BCUT2D eigenvalue weighted by atomic mass is 35.5. The molecule has 534 valence electrons. The number of nitrogens with zero attached hydrogens (tertiary/aromatic N) is 8. The van der Waals surface area contributed by atoms with Crippen molar-refractivity contribution < 1.29 is 64.0 Å². The van der Waals surface area contributed by atoms with Crippen LogP contribution in [-0.2, 0) is 24.1 Å². The number of anilines is 2. The number of hydrazone groups is 1. The van der Waals surface area contributed by atoms with E-state index >= 15 is 0 Å². The molecule has 105 heavy (non-hydrogen) atoms. The number of aromatic carboxylic acids is 3. The number of carbonyl (C=O) groups excluding carboxylic acids is 1. The lowest BCUT2D eigenvalue weighted by Gasteiger charge is -2.12. The first kappa shape index (κ1) is 72.9. The van der Waals surface area contributed by atoms with Crippen LogP contribution in [0, 0.1) is 34.6 Å². The summed E-state index contributed by atoms with van der Waals surface area (Å²) in [4.78, 5) is 71.4. The lowest BCUT2D eigenvalue weighted by atomic mass is 9.99. The van der Waals surface area contributed by atoms with Crippen LogP contribution in [0.25, 0.3) is 44.8 Å². The Morgan fingerprint density at radius 3 is 1.19 bits per heavy atom. The number of carbonyl (C=O) groups is 4. The van der Waals surface area contributed by atoms with E-state index in [0.717, 1.165) is 87.9 Å². The summed E-state index contributed by atoms with van der Waals surface area (Å²) in [6.45, 7) is 12.8. The summed E-state index contributed by atoms with van der Waals surface area (Å²) in [7, 11) is 0. The predicted octanol–water partition coefficient (Wildman–Crippen LogP) is 15.2. The summed E-state index contributed by atoms with van der Waals surface area (Å²) >= 11 is 0. The van der Waals surface area contributed by atoms with E-state index in [-0.39, 0.29) is 91.8 Å². The maximum absolute atomic E-state index is 13.1. The number of aromatic nitrogens is 4. The van der Waals surface area contributed by atoms with Crippen LogP contribution in [0.5, 0.6) is 34.5 Å². The van der Waals surface area contributed by atoms with Gasteiger partial charge in [-0.05, 0) is 219 Å². The number of carboxylic acid groups (broad SMARTS) is 3. The van der Waals surface area contributed by atoms with Crippen molar-refractivity contribution in [2.24, 2.45) is 25.6 Å². The highest BCUT2D eigenvalue weighted by Gasteiger charge is 2.26. The Morgan fingerprint density at radius 2 is 0.819 bits per heavy atom. The third kappa shape index (κ3) is 15.9. The van der Waals surface area contributed by atoms with Gasteiger partial charge in [-0.2, -0.15) is 5.10 Å². The van der Waals surface area contributed by atoms with Crippen LogP contribution >= 0.6 is 12.4 Å². The number of phenols is 3. The van der Waals surface area contributed by atoms with Crippen LogP contribution in [0.1, 0.15) is 89.2 Å². The van der Waals surface area contributed by atoms with E-state index in [1.54, 1.807) is 98.8 Å². The quantitative estimate of drug-likeness (QED) is 0.0294. The molecule has 11 aromatic rings. The topological polar surface area (TPSA) is 384 Å². The molecule has 4 aliphatic rings. The molecule has 9 aromatic carbocycles. The number of benzene rings is 9. The SMILES string of the molecule is CC1=NN(c2ccc3c(c2)CCO3)C(=O)C1.Cc1cc(N)c(O)c(-c2cccc(C(=O)O)c2)c1.Cc1cc(N=Nc2c(C)[nH]n(-c3ccc4c(c3)CCO4)c2=O)c(O)c(-c2cccc(C(=O)O)c2)c1.Cc1cc(N=Nc2c(C)[nH]n(-c3ccc4c(c3)CCO4)c2=O)c(O)c(-c2cccc(C(=O)O)c2)c1.Cl. The van der Waals surface area contributed by atoms with E-state index in [1.807, 2.05) is 70.2 Å². The van der Waals surface area contributed by atoms with Crippen LogP contribution in [0.15, 0.2) is 199 Å². The van der Waals surface area contributed by atoms with Crippen LogP contribution in [-0.4, -0.2) is 99.5 Å². The number of carboxylic acids is 3. The molecule has 6 heterocycles. The number of hydrogen-bond acceptors (Lipinski definition) is 18. The fraction of sp³-hybridized carbons (Fsp3) is 0.167. The van der Waals surface area contributed by atoms with Crippen molar-refractivity contribution in [3.05, 3.63) is 246 Å². The molecule has 0 unspecified atom stereocenters. The number of aryl methyl sites for hydroxylation is 5. The highest BCUT2D eigenvalue weighted by Crippen LogP contribution is 2.42. The number of ether oxygens (including phenoxy) is 3. The zero-order valence-electron chi connectivity index (χ0n) is 57.5. The van der Waals surface area contributed by atoms with Gasteiger partial charge in [0.15, 0.2) is 22.9 Å². The maximum Gasteiger partial charge on any atom is 0.335 e. The summed E-state index contributed by atoms with van der Waals surface area (Å²) in [5.41, 5.74) is 19.1. The number of nitrogens with two attached hydrogens (primary N) is 1. The number of nitrogen functional groups attached to an aromatic ring is 1. The van der Waals surface area contributed by atoms with Crippen molar-refractivity contribution in [3.63, 3.8) is 0 Å². The van der Waals surface area contributed by atoms with Crippen LogP contribution in [0.4, 0.5) is 34.1 Å². The third-order valence-electron chi connectivity index (χ3n) is 17.3. The third-order valence-corrected chi connectivity index (χ3v) is 17.3. The lowest BCUT2D eigenvalue weighted by molar-refractivity contribution is -0.116. The Balaban J connectivity index is 0.000000147. The Hall–Kier alpha value is -13.4. The monoisotopic (exact) mass is 1440 g/mol. The maximum atomic E-state index is 13.1. The van der Waals surface area contributed by atoms with Gasteiger partial charge in [-0.15, -0.1) is 32.9 Å². The largest absolute Gasteiger partial charge is 0.505 e. The molecule has 0 aliphatic carbocycles. The molecule has 0 radical (unpaired) electrons. The second-order valence-corrected chi connectivity index (χ2v) is 25.0. The molecule has 0 saturated heterocycles. The van der Waals surface area contributed by atoms with Gasteiger partial charge >= 0.3 is 17.9 Å². The summed E-state index contributed by atoms with van der Waals surface area (Å²) < 4.78 is 19.3. The molecule has 27 heteroatoms. The second-order valence-electron chi connectivity index (χ2n) is 25.0. The standard InChI is InChI=1S/2C26H22N4O5.C14H13NO3.C12H12N2O2.ClH/c2*1-14-10-20(16-4-3-5-18(12-16)26(33)34)24(31)21(11-14)27-28-23-15(2)29-30(25(23)32)19-6-7-22-17(13-19)8-9-35-22;1-8-5-11(13(16)12(15)6-8)9-3-2-4-10(7-9)14(17)18;1-8-6-12(15)14(13-8)10-2-3-11-9(7-10)4-5-16-11;/h2*3-7,10-13,29,31H,8-9H2,1-2H3,(H,33,34);2-7,16H,15H2,1H3,(H,17,18);2-3,7H,4-6H2,1H3;1H. The number of H-pyrrole nitrogens is 2. The molecule has 2 aromatic heterocycles. The molecule has 0 fully saturated rings. The number of fused-ring (bicyclic) bond motifs is 3. The number of hydrogen-bond donors (Lipinski definition) is 9. The molecule has 26 nitrogen and oxygen atoms in total. The fourth-order valence-corrected chi connectivity index (χ4v) is 12.2. The van der Waals surface area contributed by atoms with Crippen molar-refractivity contribution in [2.75, 3.05) is 30.6 Å². The normalized spacial score (nSPS) is 13.0. The number of azo groups is 2. The van der Waals surface area contributed by atoms with Crippen LogP contribution in [0.2, 0.25) is 0 Å². The van der Waals surface area contributed by atoms with Crippen molar-refractivity contribution in [1.29, 1.82) is 0 Å². The number of aromatic hydroxyl groups is 3. The van der Waals surface area contributed by atoms with Crippen LogP contribution in [0.3, 0.4) is 0 Å². The van der Waals surface area contributed by atoms with Gasteiger partial charge in [0.1, 0.15) is 34.4 Å². The van der Waals surface area contributed by atoms with E-state index in [0.29, 0.717) is 75.8 Å². The molecule has 0 atom stereocenters. The zero-order chi connectivity index (χ0) is 73.8. The van der Waals surface area contributed by atoms with Gasteiger partial charge in [-0.3, -0.25) is 24.6 Å². The average molecular weight is 1440 g/mol. The number of halogens is 1. The number of aromatic amines is 2. The van der Waals surface area contributed by atoms with Crippen LogP contribution < -0.4 is 36.1 Å². The van der Waals surface area contributed by atoms with Gasteiger partial charge in [0, 0.05) is 41.7 Å². The number of nitrogens with one attached hydrogen (secondary N) is 2. The molecule has 0 saturated carbocycles. The van der Waals surface area contributed by atoms with Gasteiger partial charge in [0.25, 0.3) is 17.0 Å². The number of amides is 1. The van der Waals surface area contributed by atoms with E-state index in [1.165, 1.54) is 50.8 Å². The first-order valence-corrected chi connectivity index (χ1v) is 32.8. The minimum absolute atomic E-state index is 0. The first-order valence-electron chi connectivity index (χ1n) is 32.8. The average Bonchev–Trinajstić information content (AvgIpc) is 1.71. The summed E-state index contributed by atoms with van der Waals surface area (Å²) in [5, 5.41) is 87.6. The zero-order valence-corrected chi connectivity index (χ0v) is 58.3. The van der Waals surface area contributed by atoms with Gasteiger partial charge in [0.05, 0.1) is 77.1 Å². The molecule has 1 amide bonds. The second kappa shape index (κ2) is 30.9. The van der Waals surface area contributed by atoms with Crippen molar-refractivity contribution >= 4 is 76.1 Å². The number of rotatable bonds is 13. The molecular weight excluding hydrogens is 1370 g/mol. The molecule has 10 N–H and O–H groups in total. The van der Waals surface area contributed by atoms with E-state index < -0.39 is 17.9 Å². The Morgan fingerprint density at radius 1 is 0.457 bits per heavy atom. The predicted molar refractivity (Wildman–Crippen MR) is 397 cm³/mol. The van der Waals surface area contributed by atoms with Gasteiger partial charge < -0.3 is 50.6 Å². The summed E-state index contributed by atoms with van der Waals surface area (Å²) in [6.07, 6.45) is 2.91. The summed E-state index contributed by atoms with van der Waals surface area (Å²) in [6, 6.07) is 46.0. The number of phenolic OH excluding ortho intramolecular Hbond substituents is 3. The molecule has 0 spiro atoms. The van der Waals surface area contributed by atoms with E-state index in [9.17, 15) is 54.3 Å². The van der Waals surface area contributed by atoms with Gasteiger partial charge in [-0.1, -0.05) is 36.4 Å². The van der Waals surface area contributed by atoms with Crippen molar-refractivity contribution in [2.45, 2.75) is 67.2 Å². The molecule has 4 aliphatic heterocycles. The van der Waals surface area contributed by atoms with Gasteiger partial charge in [-0.25, -0.2) is 28.8 Å². The smallest absolute Gasteiger partial charge is 0.335 e. The van der Waals surface area contributed by atoms with Crippen molar-refractivity contribution in [1.82, 2.24) is 19.6 Å². The molecule has 15 rings (SSSR count). The molecule has 0 bridgehead atoms. The fourth-order valence-electron chi connectivity index (χ4n) is 12.2. The van der Waals surface area contributed by atoms with E-state index in [2.05, 4.69) is 35.8 Å². The minimum Gasteiger partial charge on any atom is -0.505 e. The first-order chi connectivity index (χ1) is 49.8. The lowest BCUT2D eigenvalue weighted by Crippen LogP contribution is -2.19. The summed E-state index contributed by atoms with van der Waals surface area (Å²) in [5.74, 6) is -0.854. The molecular formula is C78H70ClN11O15. The van der Waals surface area contributed by atoms with Gasteiger partial charge in [0.2, 0.25) is 0 Å². The minimum atomic E-state index is -1.06. The van der Waals surface area contributed by atoms with E-state index in [4.69, 9.17) is 25.1 Å². The Labute approximate surface area is 605 Å².